The van der Waals surface area contributed by atoms with Gasteiger partial charge >= 0.3 is 6.18 Å². The third-order valence-electron chi connectivity index (χ3n) is 2.76. The Hall–Kier alpha value is -1.61. The number of benzene rings is 1. The number of sulfone groups is 1. The van der Waals surface area contributed by atoms with E-state index in [1.807, 2.05) is 0 Å². The van der Waals surface area contributed by atoms with Gasteiger partial charge in [0.15, 0.2) is 10.8 Å². The van der Waals surface area contributed by atoms with Gasteiger partial charge in [0.25, 0.3) is 0 Å². The maximum atomic E-state index is 12.4. The van der Waals surface area contributed by atoms with E-state index in [2.05, 4.69) is 10.3 Å². The van der Waals surface area contributed by atoms with Crippen molar-refractivity contribution < 1.29 is 21.6 Å². The van der Waals surface area contributed by atoms with Crippen LogP contribution in [0.4, 0.5) is 24.0 Å². The lowest BCUT2D eigenvalue weighted by Gasteiger charge is -2.05. The molecule has 0 aliphatic heterocycles. The van der Waals surface area contributed by atoms with Crippen LogP contribution >= 0.6 is 11.3 Å². The van der Waals surface area contributed by atoms with Gasteiger partial charge in [-0.25, -0.2) is 13.4 Å². The van der Waals surface area contributed by atoms with E-state index in [-0.39, 0.29) is 10.9 Å². The van der Waals surface area contributed by atoms with Crippen LogP contribution in [0.25, 0.3) is 0 Å². The number of aryl methyl sites for hydroxylation is 1. The lowest BCUT2D eigenvalue weighted by Crippen LogP contribution is -2.06. The van der Waals surface area contributed by atoms with Gasteiger partial charge in [-0.1, -0.05) is 12.1 Å². The van der Waals surface area contributed by atoms with Crippen molar-refractivity contribution in [1.82, 2.24) is 4.98 Å². The quantitative estimate of drug-likeness (QED) is 0.897. The summed E-state index contributed by atoms with van der Waals surface area (Å²) in [6, 6.07) is 6.80. The maximum absolute atomic E-state index is 12.4. The van der Waals surface area contributed by atoms with Crippen molar-refractivity contribution in [1.29, 1.82) is 0 Å². The Morgan fingerprint density at radius 2 is 1.86 bits per heavy atom. The summed E-state index contributed by atoms with van der Waals surface area (Å²) in [5.41, 5.74) is 0.502. The highest BCUT2D eigenvalue weighted by Crippen LogP contribution is 2.32. The summed E-state index contributed by atoms with van der Waals surface area (Å²) in [7, 11) is -3.02. The molecule has 0 saturated heterocycles. The van der Waals surface area contributed by atoms with Crippen molar-refractivity contribution in [3.05, 3.63) is 40.9 Å². The van der Waals surface area contributed by atoms with Gasteiger partial charge in [-0.3, -0.25) is 0 Å². The number of halogens is 3. The largest absolute Gasteiger partial charge is 0.434 e. The van der Waals surface area contributed by atoms with Crippen LogP contribution in [-0.4, -0.2) is 25.4 Å². The highest BCUT2D eigenvalue weighted by Gasteiger charge is 2.33. The van der Waals surface area contributed by atoms with E-state index < -0.39 is 21.7 Å². The van der Waals surface area contributed by atoms with Crippen LogP contribution in [-0.2, 0) is 22.4 Å². The van der Waals surface area contributed by atoms with Gasteiger partial charge in [0.2, 0.25) is 0 Å². The van der Waals surface area contributed by atoms with Gasteiger partial charge in [0.05, 0.1) is 5.75 Å². The number of anilines is 2. The fourth-order valence-electron chi connectivity index (χ4n) is 1.64. The van der Waals surface area contributed by atoms with Gasteiger partial charge in [0, 0.05) is 17.3 Å². The molecular formula is C13H13F3N2O2S2. The molecule has 2 aromatic rings. The van der Waals surface area contributed by atoms with Crippen LogP contribution in [0.3, 0.4) is 0 Å². The molecule has 0 saturated carbocycles. The molecule has 22 heavy (non-hydrogen) atoms. The lowest BCUT2D eigenvalue weighted by molar-refractivity contribution is -0.140. The minimum absolute atomic E-state index is 0.0567. The van der Waals surface area contributed by atoms with E-state index in [1.165, 1.54) is 6.26 Å². The fraction of sp³-hybridized carbons (Fsp3) is 0.308. The summed E-state index contributed by atoms with van der Waals surface area (Å²) >= 11 is 0.868. The van der Waals surface area contributed by atoms with Gasteiger partial charge in [0.1, 0.15) is 9.84 Å². The number of alkyl halides is 3. The molecule has 2 rings (SSSR count). The second kappa shape index (κ2) is 6.25. The van der Waals surface area contributed by atoms with Crippen LogP contribution < -0.4 is 5.32 Å². The Labute approximate surface area is 129 Å². The van der Waals surface area contributed by atoms with Crippen LogP contribution in [0, 0.1) is 0 Å². The van der Waals surface area contributed by atoms with Crippen molar-refractivity contribution >= 4 is 32.0 Å². The smallest absolute Gasteiger partial charge is 0.332 e. The lowest BCUT2D eigenvalue weighted by atomic mass is 10.1. The summed E-state index contributed by atoms with van der Waals surface area (Å²) in [5.74, 6) is 0.0567. The first-order chi connectivity index (χ1) is 10.1. The number of thiazole rings is 1. The Morgan fingerprint density at radius 3 is 2.36 bits per heavy atom. The van der Waals surface area contributed by atoms with E-state index in [0.29, 0.717) is 12.1 Å². The Morgan fingerprint density at radius 1 is 1.23 bits per heavy atom. The van der Waals surface area contributed by atoms with Gasteiger partial charge in [-0.15, -0.1) is 11.3 Å². The number of nitrogens with zero attached hydrogens (tertiary/aromatic N) is 1. The average molecular weight is 350 g/mol. The van der Waals surface area contributed by atoms with E-state index in [4.69, 9.17) is 0 Å². The summed E-state index contributed by atoms with van der Waals surface area (Å²) in [5, 5.41) is 3.88. The van der Waals surface area contributed by atoms with Crippen molar-refractivity contribution in [3.8, 4) is 0 Å². The Kier molecular flexibility index (Phi) is 4.76. The van der Waals surface area contributed by atoms with Crippen LogP contribution in [0.1, 0.15) is 11.3 Å². The number of hydrogen-bond acceptors (Lipinski definition) is 5. The fourth-order valence-corrected chi connectivity index (χ4v) is 2.99. The van der Waals surface area contributed by atoms with Crippen LogP contribution in [0.5, 0.6) is 0 Å². The number of hydrogen-bond donors (Lipinski definition) is 1. The minimum atomic E-state index is -4.45. The average Bonchev–Trinajstić information content (AvgIpc) is 2.85. The third-order valence-corrected chi connectivity index (χ3v) is 4.46. The number of rotatable bonds is 5. The van der Waals surface area contributed by atoms with Crippen LogP contribution in [0.15, 0.2) is 29.6 Å². The molecule has 0 atom stereocenters. The molecule has 0 aliphatic carbocycles. The second-order valence-electron chi connectivity index (χ2n) is 4.74. The topological polar surface area (TPSA) is 59.1 Å². The first-order valence-electron chi connectivity index (χ1n) is 6.20. The summed E-state index contributed by atoms with van der Waals surface area (Å²) in [6.07, 6.45) is -2.88. The predicted molar refractivity (Wildman–Crippen MR) is 80.3 cm³/mol. The van der Waals surface area contributed by atoms with Gasteiger partial charge in [-0.2, -0.15) is 13.2 Å². The first-order valence-corrected chi connectivity index (χ1v) is 9.14. The highest BCUT2D eigenvalue weighted by molar-refractivity contribution is 7.90. The molecule has 1 aromatic heterocycles. The summed E-state index contributed by atoms with van der Waals surface area (Å²) in [4.78, 5) is 3.47. The van der Waals surface area contributed by atoms with E-state index in [9.17, 15) is 21.6 Å². The Balaban J connectivity index is 2.01. The van der Waals surface area contributed by atoms with Crippen molar-refractivity contribution in [2.75, 3.05) is 17.3 Å². The predicted octanol–water partition coefficient (Wildman–Crippen LogP) is 3.49. The number of aromatic nitrogens is 1. The normalized spacial score (nSPS) is 12.4. The molecule has 9 heteroatoms. The first kappa shape index (κ1) is 16.8. The zero-order valence-electron chi connectivity index (χ0n) is 11.5. The molecule has 4 nitrogen and oxygen atoms in total. The van der Waals surface area contributed by atoms with E-state index in [1.54, 1.807) is 24.3 Å². The summed E-state index contributed by atoms with van der Waals surface area (Å²) in [6.45, 7) is 0. The zero-order chi connectivity index (χ0) is 16.4. The minimum Gasteiger partial charge on any atom is -0.332 e. The standard InChI is InChI=1S/C13H13F3N2O2S2/c1-22(19,20)7-6-9-2-4-10(5-3-9)17-12-18-11(8-21-12)13(14,15)16/h2-5,8H,6-7H2,1H3,(H,17,18). The molecule has 1 aromatic carbocycles. The maximum Gasteiger partial charge on any atom is 0.434 e. The zero-order valence-corrected chi connectivity index (χ0v) is 13.1. The SMILES string of the molecule is CS(=O)(=O)CCc1ccc(Nc2nc(C(F)(F)F)cs2)cc1. The molecule has 0 bridgehead atoms. The molecule has 0 spiro atoms. The van der Waals surface area contributed by atoms with Crippen molar-refractivity contribution in [3.63, 3.8) is 0 Å². The van der Waals surface area contributed by atoms with E-state index in [0.717, 1.165) is 22.3 Å². The monoisotopic (exact) mass is 350 g/mol. The Bertz CT molecular complexity index is 737. The van der Waals surface area contributed by atoms with Crippen molar-refractivity contribution in [2.45, 2.75) is 12.6 Å². The summed E-state index contributed by atoms with van der Waals surface area (Å²) < 4.78 is 59.5. The van der Waals surface area contributed by atoms with E-state index >= 15 is 0 Å². The molecule has 0 aliphatic rings. The molecule has 0 radical (unpaired) electrons. The molecule has 1 N–H and O–H groups in total. The molecular weight excluding hydrogens is 337 g/mol. The molecule has 120 valence electrons. The second-order valence-corrected chi connectivity index (χ2v) is 7.86. The van der Waals surface area contributed by atoms with Gasteiger partial charge in [-0.05, 0) is 24.1 Å². The molecule has 1 heterocycles. The molecule has 0 unspecified atom stereocenters. The third kappa shape index (κ3) is 4.99. The molecule has 0 amide bonds. The van der Waals surface area contributed by atoms with Gasteiger partial charge < -0.3 is 5.32 Å². The van der Waals surface area contributed by atoms with Crippen molar-refractivity contribution in [2.24, 2.45) is 0 Å². The van der Waals surface area contributed by atoms with Crippen LogP contribution in [0.2, 0.25) is 0 Å². The molecule has 0 fully saturated rings. The highest BCUT2D eigenvalue weighted by atomic mass is 32.2. The number of nitrogens with one attached hydrogen (secondary N) is 1.